The number of aromatic amines is 1. The monoisotopic (exact) mass is 514 g/mol. The van der Waals surface area contributed by atoms with Gasteiger partial charge in [-0.15, -0.1) is 0 Å². The second-order valence-electron chi connectivity index (χ2n) is 8.86. The van der Waals surface area contributed by atoms with E-state index in [9.17, 15) is 0 Å². The van der Waals surface area contributed by atoms with E-state index in [0.717, 1.165) is 46.5 Å². The van der Waals surface area contributed by atoms with E-state index < -0.39 is 0 Å². The number of quaternary nitrogens is 1. The number of rotatable bonds is 7. The van der Waals surface area contributed by atoms with Gasteiger partial charge in [0, 0.05) is 0 Å². The van der Waals surface area contributed by atoms with E-state index in [1.54, 1.807) is 31.1 Å². The molecule has 6 heteroatoms. The zero-order chi connectivity index (χ0) is 23.5. The standard InChI is InChI=1S/C28H29AsN3O2/c1-33-26-9-3-20(4-10-26)16-32(17-21-5-11-27(34-2)12-6-21)18-24(13-25(29)19-32)22-7-8-23-15-30-31-28(23)14-22/h3-15,19H,16-18,29H2,1-2H3,(H,30,31)/q+1. The van der Waals surface area contributed by atoms with Crippen molar-refractivity contribution in [2.45, 2.75) is 13.1 Å². The minimum absolute atomic E-state index is 0.819. The maximum atomic E-state index is 5.38. The van der Waals surface area contributed by atoms with Crippen LogP contribution in [0.5, 0.6) is 11.5 Å². The molecule has 0 radical (unpaired) electrons. The van der Waals surface area contributed by atoms with Crippen LogP contribution in [0, 0.1) is 0 Å². The third-order valence-corrected chi connectivity index (χ3v) is 7.04. The molecule has 172 valence electrons. The number of allylic oxidation sites excluding steroid dienone is 2. The Hall–Kier alpha value is -3.27. The van der Waals surface area contributed by atoms with Gasteiger partial charge in [0.25, 0.3) is 0 Å². The molecule has 4 aromatic rings. The minimum atomic E-state index is 0.819. The summed E-state index contributed by atoms with van der Waals surface area (Å²) in [4.78, 5) is 0. The number of aromatic nitrogens is 2. The third kappa shape index (κ3) is 4.82. The van der Waals surface area contributed by atoms with Crippen LogP contribution >= 0.6 is 0 Å². The van der Waals surface area contributed by atoms with E-state index in [2.05, 4.69) is 64.9 Å². The molecule has 0 spiro atoms. The SMILES string of the molecule is COc1ccc(C[N+]2(Cc3ccc(OC)cc3)C=C([AsH2])C=C(c3ccc4cn[nH]c4c3)C2)cc1. The molecule has 0 saturated heterocycles. The van der Waals surface area contributed by atoms with E-state index >= 15 is 0 Å². The second kappa shape index (κ2) is 9.53. The molecule has 0 fully saturated rings. The molecule has 5 nitrogen and oxygen atoms in total. The summed E-state index contributed by atoms with van der Waals surface area (Å²) in [7, 11) is 3.41. The number of methoxy groups -OCH3 is 2. The molecule has 5 rings (SSSR count). The van der Waals surface area contributed by atoms with Crippen LogP contribution < -0.4 is 9.47 Å². The molecule has 0 amide bonds. The number of nitrogens with zero attached hydrogens (tertiary/aromatic N) is 2. The molecular formula is C28H29AsN3O2+. The summed E-state index contributed by atoms with van der Waals surface area (Å²) in [5.74, 6) is 1.76. The number of benzene rings is 3. The van der Waals surface area contributed by atoms with Crippen LogP contribution in [0.15, 0.2) is 89.6 Å². The Labute approximate surface area is 208 Å². The molecule has 1 atom stereocenters. The van der Waals surface area contributed by atoms with Crippen molar-refractivity contribution in [2.24, 2.45) is 0 Å². The summed E-state index contributed by atoms with van der Waals surface area (Å²) in [5.41, 5.74) is 6.24. The third-order valence-electron chi connectivity index (χ3n) is 6.37. The summed E-state index contributed by atoms with van der Waals surface area (Å²) >= 11 is 1.65. The molecule has 1 aromatic heterocycles. The Morgan fingerprint density at radius 3 is 2.09 bits per heavy atom. The molecule has 2 heterocycles. The van der Waals surface area contributed by atoms with Gasteiger partial charge >= 0.3 is 209 Å². The molecule has 1 N–H and O–H groups in total. The van der Waals surface area contributed by atoms with Crippen LogP contribution in [0.3, 0.4) is 0 Å². The van der Waals surface area contributed by atoms with E-state index in [1.165, 1.54) is 26.6 Å². The predicted octanol–water partition coefficient (Wildman–Crippen LogP) is 4.67. The fourth-order valence-electron chi connectivity index (χ4n) is 4.74. The van der Waals surface area contributed by atoms with Crippen molar-refractivity contribution in [3.05, 3.63) is 106 Å². The summed E-state index contributed by atoms with van der Waals surface area (Å²) in [6.45, 7) is 2.70. The van der Waals surface area contributed by atoms with Crippen LogP contribution in [0.1, 0.15) is 16.7 Å². The molecule has 34 heavy (non-hydrogen) atoms. The van der Waals surface area contributed by atoms with Crippen molar-refractivity contribution >= 4 is 33.3 Å². The van der Waals surface area contributed by atoms with E-state index in [0.29, 0.717) is 0 Å². The van der Waals surface area contributed by atoms with Gasteiger partial charge in [0.2, 0.25) is 0 Å². The van der Waals surface area contributed by atoms with Crippen LogP contribution in [0.4, 0.5) is 0 Å². The zero-order valence-electron chi connectivity index (χ0n) is 19.5. The number of fused-ring (bicyclic) bond motifs is 1. The van der Waals surface area contributed by atoms with Crippen molar-refractivity contribution in [3.8, 4) is 11.5 Å². The summed E-state index contributed by atoms with van der Waals surface area (Å²) in [5, 5.41) is 8.44. The van der Waals surface area contributed by atoms with Crippen molar-refractivity contribution in [2.75, 3.05) is 20.8 Å². The Morgan fingerprint density at radius 1 is 0.882 bits per heavy atom. The van der Waals surface area contributed by atoms with Crippen LogP contribution in [0.2, 0.25) is 0 Å². The van der Waals surface area contributed by atoms with Crippen molar-refractivity contribution in [1.29, 1.82) is 0 Å². The predicted molar refractivity (Wildman–Crippen MR) is 139 cm³/mol. The Bertz CT molecular complexity index is 1310. The fourth-order valence-corrected chi connectivity index (χ4v) is 5.83. The molecule has 0 bridgehead atoms. The van der Waals surface area contributed by atoms with Gasteiger partial charge in [0.15, 0.2) is 0 Å². The molecule has 0 saturated carbocycles. The molecule has 1 aliphatic heterocycles. The van der Waals surface area contributed by atoms with E-state index in [-0.39, 0.29) is 0 Å². The van der Waals surface area contributed by atoms with Gasteiger partial charge in [-0.2, -0.15) is 0 Å². The molecule has 0 aliphatic carbocycles. The van der Waals surface area contributed by atoms with Crippen molar-refractivity contribution in [3.63, 3.8) is 0 Å². The topological polar surface area (TPSA) is 47.1 Å². The first-order valence-corrected chi connectivity index (χ1v) is 12.5. The first kappa shape index (κ1) is 22.5. The van der Waals surface area contributed by atoms with E-state index in [4.69, 9.17) is 9.47 Å². The van der Waals surface area contributed by atoms with Crippen molar-refractivity contribution in [1.82, 2.24) is 10.2 Å². The molecular weight excluding hydrogens is 485 g/mol. The Kier molecular flexibility index (Phi) is 6.31. The van der Waals surface area contributed by atoms with Crippen LogP contribution in [-0.4, -0.2) is 52.3 Å². The molecule has 1 aliphatic rings. The average molecular weight is 514 g/mol. The van der Waals surface area contributed by atoms with Gasteiger partial charge in [-0.1, -0.05) is 0 Å². The van der Waals surface area contributed by atoms with E-state index in [1.807, 2.05) is 30.5 Å². The summed E-state index contributed by atoms with van der Waals surface area (Å²) in [6.07, 6.45) is 6.65. The Morgan fingerprint density at radius 2 is 1.50 bits per heavy atom. The van der Waals surface area contributed by atoms with Gasteiger partial charge in [-0.05, 0) is 0 Å². The first-order valence-electron chi connectivity index (χ1n) is 11.3. The zero-order valence-corrected chi connectivity index (χ0v) is 21.9. The average Bonchev–Trinajstić information content (AvgIpc) is 3.32. The van der Waals surface area contributed by atoms with Crippen molar-refractivity contribution < 1.29 is 14.0 Å². The summed E-state index contributed by atoms with van der Waals surface area (Å²) < 4.78 is 12.9. The maximum absolute atomic E-state index is 5.38. The second-order valence-corrected chi connectivity index (χ2v) is 10.3. The van der Waals surface area contributed by atoms with Gasteiger partial charge in [0.05, 0.1) is 0 Å². The van der Waals surface area contributed by atoms with Gasteiger partial charge < -0.3 is 0 Å². The molecule has 1 unspecified atom stereocenters. The number of ether oxygens (including phenoxy) is 2. The van der Waals surface area contributed by atoms with Gasteiger partial charge in [-0.25, -0.2) is 0 Å². The summed E-state index contributed by atoms with van der Waals surface area (Å²) in [6, 6.07) is 23.5. The van der Waals surface area contributed by atoms with Gasteiger partial charge in [0.1, 0.15) is 0 Å². The Balaban J connectivity index is 1.52. The normalized spacial score (nSPS) is 15.0. The first-order chi connectivity index (χ1) is 16.6. The van der Waals surface area contributed by atoms with Crippen LogP contribution in [0.25, 0.3) is 16.5 Å². The van der Waals surface area contributed by atoms with Crippen LogP contribution in [-0.2, 0) is 13.1 Å². The molecule has 3 aromatic carbocycles. The number of hydrogen-bond donors (Lipinski definition) is 1. The fraction of sp³-hybridized carbons (Fsp3) is 0.179. The quantitative estimate of drug-likeness (QED) is 0.288. The number of hydrogen-bond acceptors (Lipinski definition) is 3. The number of nitrogens with one attached hydrogen (secondary N) is 1. The number of H-pyrrole nitrogens is 1. The van der Waals surface area contributed by atoms with Gasteiger partial charge in [-0.3, -0.25) is 0 Å².